The van der Waals surface area contributed by atoms with Crippen LogP contribution in [0.5, 0.6) is 0 Å². The zero-order valence-corrected chi connectivity index (χ0v) is 11.6. The quantitative estimate of drug-likeness (QED) is 0.826. The number of aromatic nitrogens is 2. The van der Waals surface area contributed by atoms with E-state index < -0.39 is 5.97 Å². The summed E-state index contributed by atoms with van der Waals surface area (Å²) in [7, 11) is 4.05. The van der Waals surface area contributed by atoms with Gasteiger partial charge in [0.15, 0.2) is 5.69 Å². The maximum absolute atomic E-state index is 11.3. The summed E-state index contributed by atoms with van der Waals surface area (Å²) in [4.78, 5) is 13.4. The molecule has 0 amide bonds. The van der Waals surface area contributed by atoms with Crippen molar-refractivity contribution < 1.29 is 9.90 Å². The van der Waals surface area contributed by atoms with Crippen LogP contribution in [-0.4, -0.2) is 46.4 Å². The molecule has 0 spiro atoms. The summed E-state index contributed by atoms with van der Waals surface area (Å²) in [5.41, 5.74) is 7.97. The molecule has 1 aliphatic carbocycles. The lowest BCUT2D eigenvalue weighted by molar-refractivity contribution is 0.0687. The van der Waals surface area contributed by atoms with Gasteiger partial charge in [-0.2, -0.15) is 5.10 Å². The molecule has 1 aromatic rings. The van der Waals surface area contributed by atoms with Gasteiger partial charge in [-0.05, 0) is 46.3 Å². The minimum atomic E-state index is -0.972. The maximum Gasteiger partial charge on any atom is 0.356 e. The number of nitrogens with two attached hydrogens (primary N) is 1. The highest BCUT2D eigenvalue weighted by Gasteiger charge is 2.29. The van der Waals surface area contributed by atoms with Gasteiger partial charge in [0.2, 0.25) is 0 Å². The number of aryl methyl sites for hydroxylation is 1. The number of rotatable bonds is 5. The molecule has 3 N–H and O–H groups in total. The minimum Gasteiger partial charge on any atom is -0.476 e. The topological polar surface area (TPSA) is 84.4 Å². The molecule has 0 bridgehead atoms. The van der Waals surface area contributed by atoms with Gasteiger partial charge < -0.3 is 15.7 Å². The van der Waals surface area contributed by atoms with E-state index in [1.54, 1.807) is 0 Å². The molecular formula is C13H22N4O2. The molecule has 1 aromatic heterocycles. The van der Waals surface area contributed by atoms with Crippen molar-refractivity contribution in [3.8, 4) is 0 Å². The lowest BCUT2D eigenvalue weighted by atomic mass is 9.91. The van der Waals surface area contributed by atoms with Crippen LogP contribution in [0.25, 0.3) is 0 Å². The van der Waals surface area contributed by atoms with Crippen LogP contribution >= 0.6 is 0 Å². The first-order valence-corrected chi connectivity index (χ1v) is 6.74. The predicted molar refractivity (Wildman–Crippen MR) is 72.2 cm³/mol. The molecule has 106 valence electrons. The normalized spacial score (nSPS) is 18.6. The Bertz CT molecular complexity index is 467. The van der Waals surface area contributed by atoms with Gasteiger partial charge in [-0.3, -0.25) is 4.68 Å². The van der Waals surface area contributed by atoms with Crippen molar-refractivity contribution in [3.05, 3.63) is 17.0 Å². The second-order valence-corrected chi connectivity index (χ2v) is 5.39. The molecule has 1 aliphatic rings. The molecule has 0 saturated carbocycles. The number of fused-ring (bicyclic) bond motifs is 1. The number of aromatic carboxylic acids is 1. The molecule has 0 fully saturated rings. The second kappa shape index (κ2) is 5.71. The number of carboxylic acid groups (broad SMARTS) is 1. The van der Waals surface area contributed by atoms with Crippen LogP contribution in [0.3, 0.4) is 0 Å². The molecular weight excluding hydrogens is 244 g/mol. The van der Waals surface area contributed by atoms with Gasteiger partial charge >= 0.3 is 5.97 Å². The largest absolute Gasteiger partial charge is 0.476 e. The number of hydrogen-bond donors (Lipinski definition) is 2. The molecule has 6 nitrogen and oxygen atoms in total. The van der Waals surface area contributed by atoms with Crippen LogP contribution in [0.15, 0.2) is 0 Å². The Hall–Kier alpha value is -1.40. The summed E-state index contributed by atoms with van der Waals surface area (Å²) in [6, 6.07) is -0.183. The van der Waals surface area contributed by atoms with E-state index in [1.165, 1.54) is 0 Å². The third-order valence-corrected chi connectivity index (χ3v) is 3.58. The van der Waals surface area contributed by atoms with E-state index in [0.29, 0.717) is 0 Å². The Morgan fingerprint density at radius 2 is 2.32 bits per heavy atom. The van der Waals surface area contributed by atoms with Crippen molar-refractivity contribution in [2.24, 2.45) is 5.73 Å². The summed E-state index contributed by atoms with van der Waals surface area (Å²) in [5, 5.41) is 13.5. The Morgan fingerprint density at radius 3 is 2.95 bits per heavy atom. The molecule has 0 aliphatic heterocycles. The second-order valence-electron chi connectivity index (χ2n) is 5.39. The third kappa shape index (κ3) is 2.96. The van der Waals surface area contributed by atoms with Crippen molar-refractivity contribution >= 4 is 5.97 Å². The first kappa shape index (κ1) is 14.0. The number of hydrogen-bond acceptors (Lipinski definition) is 4. The van der Waals surface area contributed by atoms with Crippen LogP contribution in [0.1, 0.15) is 47.1 Å². The van der Waals surface area contributed by atoms with Crippen molar-refractivity contribution in [1.82, 2.24) is 14.7 Å². The first-order valence-electron chi connectivity index (χ1n) is 6.74. The average molecular weight is 266 g/mol. The molecule has 6 heteroatoms. The standard InChI is InChI=1S/C13H22N4O2/c1-16(2)7-4-8-17-10-6-3-5-9(14)11(10)12(15-17)13(18)19/h9H,3-8,14H2,1-2H3,(H,18,19). The fraction of sp³-hybridized carbons (Fsp3) is 0.692. The lowest BCUT2D eigenvalue weighted by Crippen LogP contribution is -2.21. The molecule has 0 radical (unpaired) electrons. The fourth-order valence-electron chi connectivity index (χ4n) is 2.68. The van der Waals surface area contributed by atoms with Gasteiger partial charge in [0.05, 0.1) is 0 Å². The SMILES string of the molecule is CN(C)CCCn1nc(C(=O)O)c2c1CCCC2N. The molecule has 1 heterocycles. The van der Waals surface area contributed by atoms with Crippen LogP contribution in [0.4, 0.5) is 0 Å². The van der Waals surface area contributed by atoms with E-state index in [0.717, 1.165) is 50.0 Å². The highest BCUT2D eigenvalue weighted by Crippen LogP contribution is 2.30. The molecule has 19 heavy (non-hydrogen) atoms. The number of carboxylic acids is 1. The molecule has 1 atom stereocenters. The van der Waals surface area contributed by atoms with Gasteiger partial charge in [-0.1, -0.05) is 0 Å². The van der Waals surface area contributed by atoms with Gasteiger partial charge in [0.1, 0.15) is 0 Å². The van der Waals surface area contributed by atoms with Crippen LogP contribution in [-0.2, 0) is 13.0 Å². The zero-order valence-electron chi connectivity index (χ0n) is 11.6. The van der Waals surface area contributed by atoms with Crippen molar-refractivity contribution in [2.45, 2.75) is 38.3 Å². The lowest BCUT2D eigenvalue weighted by Gasteiger charge is -2.20. The van der Waals surface area contributed by atoms with Crippen LogP contribution in [0.2, 0.25) is 0 Å². The Labute approximate surface area is 113 Å². The molecule has 1 unspecified atom stereocenters. The maximum atomic E-state index is 11.3. The minimum absolute atomic E-state index is 0.145. The van der Waals surface area contributed by atoms with Gasteiger partial charge in [0.25, 0.3) is 0 Å². The van der Waals surface area contributed by atoms with E-state index in [1.807, 2.05) is 18.8 Å². The summed E-state index contributed by atoms with van der Waals surface area (Å²) in [6.07, 6.45) is 3.68. The number of carbonyl (C=O) groups is 1. The number of nitrogens with zero attached hydrogens (tertiary/aromatic N) is 3. The van der Waals surface area contributed by atoms with E-state index in [4.69, 9.17) is 5.73 Å². The highest BCUT2D eigenvalue weighted by atomic mass is 16.4. The van der Waals surface area contributed by atoms with E-state index in [2.05, 4.69) is 10.00 Å². The van der Waals surface area contributed by atoms with E-state index in [-0.39, 0.29) is 11.7 Å². The molecule has 0 saturated heterocycles. The third-order valence-electron chi connectivity index (χ3n) is 3.58. The van der Waals surface area contributed by atoms with Crippen molar-refractivity contribution in [3.63, 3.8) is 0 Å². The van der Waals surface area contributed by atoms with Gasteiger partial charge in [0, 0.05) is 23.8 Å². The Kier molecular flexibility index (Phi) is 4.21. The smallest absolute Gasteiger partial charge is 0.356 e. The van der Waals surface area contributed by atoms with E-state index in [9.17, 15) is 9.90 Å². The van der Waals surface area contributed by atoms with Crippen LogP contribution < -0.4 is 5.73 Å². The zero-order chi connectivity index (χ0) is 14.0. The monoisotopic (exact) mass is 266 g/mol. The van der Waals surface area contributed by atoms with Crippen LogP contribution in [0, 0.1) is 0 Å². The first-order chi connectivity index (χ1) is 9.00. The molecule has 2 rings (SSSR count). The van der Waals surface area contributed by atoms with Crippen molar-refractivity contribution in [1.29, 1.82) is 0 Å². The average Bonchev–Trinajstić information content (AvgIpc) is 2.69. The Morgan fingerprint density at radius 1 is 1.58 bits per heavy atom. The van der Waals surface area contributed by atoms with Gasteiger partial charge in [-0.15, -0.1) is 0 Å². The summed E-state index contributed by atoms with van der Waals surface area (Å²) in [5.74, 6) is -0.972. The molecule has 0 aromatic carbocycles. The summed E-state index contributed by atoms with van der Waals surface area (Å²) >= 11 is 0. The highest BCUT2D eigenvalue weighted by molar-refractivity contribution is 5.87. The summed E-state index contributed by atoms with van der Waals surface area (Å²) < 4.78 is 1.85. The van der Waals surface area contributed by atoms with Gasteiger partial charge in [-0.25, -0.2) is 4.79 Å². The fourth-order valence-corrected chi connectivity index (χ4v) is 2.68. The van der Waals surface area contributed by atoms with E-state index >= 15 is 0 Å². The predicted octanol–water partition coefficient (Wildman–Crippen LogP) is 0.869. The summed E-state index contributed by atoms with van der Waals surface area (Å²) in [6.45, 7) is 1.71. The van der Waals surface area contributed by atoms with Crippen molar-refractivity contribution in [2.75, 3.05) is 20.6 Å². The Balaban J connectivity index is 2.24.